The van der Waals surface area contributed by atoms with Crippen LogP contribution in [0.15, 0.2) is 71.6 Å². The fourth-order valence-electron chi connectivity index (χ4n) is 5.20. The average Bonchev–Trinajstić information content (AvgIpc) is 3.63. The van der Waals surface area contributed by atoms with Crippen LogP contribution in [-0.4, -0.2) is 52.9 Å². The highest BCUT2D eigenvalue weighted by Gasteiger charge is 2.75. The molecule has 0 spiro atoms. The Kier molecular flexibility index (Phi) is 6.53. The number of hydrogen-bond donors (Lipinski definition) is 0. The second-order valence-electron chi connectivity index (χ2n) is 10.5. The van der Waals surface area contributed by atoms with Crippen molar-refractivity contribution in [3.05, 3.63) is 72.3 Å². The standard InChI is InChI=1S/C29H29NO6SSi/c1-28(36-38(2,3)4)19-13-6-5-10-18-25-26-29(28,35-26)23-16-11-12-17-24(23)30(25)27(31)34-20-21-37(32,33)22-14-8-7-9-15-22/h5-9,11-12,14-17,25-26H,20-21H2,1-4H3/b6-5-/t25-,26-,28+,29+/m0/s1. The topological polar surface area (TPSA) is 85.4 Å². The predicted molar refractivity (Wildman–Crippen MR) is 147 cm³/mol. The summed E-state index contributed by atoms with van der Waals surface area (Å²) < 4.78 is 44.0. The molecule has 0 aromatic heterocycles. The number of ether oxygens (including phenoxy) is 2. The molecular formula is C29H29NO6SSi. The second kappa shape index (κ2) is 9.44. The van der Waals surface area contributed by atoms with E-state index in [4.69, 9.17) is 13.9 Å². The molecule has 2 aromatic rings. The Morgan fingerprint density at radius 3 is 2.47 bits per heavy atom. The van der Waals surface area contributed by atoms with Gasteiger partial charge in [-0.1, -0.05) is 60.1 Å². The molecule has 1 aliphatic carbocycles. The van der Waals surface area contributed by atoms with Gasteiger partial charge in [-0.05, 0) is 56.9 Å². The van der Waals surface area contributed by atoms with E-state index in [0.29, 0.717) is 5.69 Å². The molecule has 196 valence electrons. The van der Waals surface area contributed by atoms with E-state index in [9.17, 15) is 13.2 Å². The summed E-state index contributed by atoms with van der Waals surface area (Å²) in [5.74, 6) is 12.1. The van der Waals surface area contributed by atoms with Gasteiger partial charge < -0.3 is 13.9 Å². The van der Waals surface area contributed by atoms with Crippen molar-refractivity contribution in [3.63, 3.8) is 0 Å². The summed E-state index contributed by atoms with van der Waals surface area (Å²) >= 11 is 0. The van der Waals surface area contributed by atoms with Crippen LogP contribution in [0.3, 0.4) is 0 Å². The van der Waals surface area contributed by atoms with E-state index < -0.39 is 47.6 Å². The number of allylic oxidation sites excluding steroid dienone is 2. The Hall–Kier alpha value is -3.34. The lowest BCUT2D eigenvalue weighted by Crippen LogP contribution is -2.56. The third kappa shape index (κ3) is 4.57. The fraction of sp³-hybridized carbons (Fsp3) is 0.345. The van der Waals surface area contributed by atoms with Crippen LogP contribution in [0.2, 0.25) is 19.6 Å². The average molecular weight is 548 g/mol. The van der Waals surface area contributed by atoms with Crippen LogP contribution >= 0.6 is 0 Å². The maximum absolute atomic E-state index is 13.5. The van der Waals surface area contributed by atoms with Gasteiger partial charge in [-0.15, -0.1) is 0 Å². The summed E-state index contributed by atoms with van der Waals surface area (Å²) in [5.41, 5.74) is -0.571. The monoisotopic (exact) mass is 547 g/mol. The number of para-hydroxylation sites is 1. The van der Waals surface area contributed by atoms with E-state index in [-0.39, 0.29) is 17.3 Å². The molecule has 5 rings (SSSR count). The van der Waals surface area contributed by atoms with Crippen molar-refractivity contribution in [2.45, 2.75) is 54.8 Å². The summed E-state index contributed by atoms with van der Waals surface area (Å²) in [4.78, 5) is 15.1. The molecule has 1 fully saturated rings. The van der Waals surface area contributed by atoms with Crippen LogP contribution in [0, 0.1) is 23.7 Å². The zero-order chi connectivity index (χ0) is 27.2. The van der Waals surface area contributed by atoms with Crippen molar-refractivity contribution in [3.8, 4) is 23.7 Å². The van der Waals surface area contributed by atoms with Gasteiger partial charge in [-0.3, -0.25) is 4.90 Å². The molecule has 0 radical (unpaired) electrons. The lowest BCUT2D eigenvalue weighted by atomic mass is 9.75. The first kappa shape index (κ1) is 26.3. The van der Waals surface area contributed by atoms with Crippen molar-refractivity contribution >= 4 is 29.9 Å². The summed E-state index contributed by atoms with van der Waals surface area (Å²) in [7, 11) is -5.69. The molecule has 7 nitrogen and oxygen atoms in total. The number of hydrogen-bond acceptors (Lipinski definition) is 6. The highest BCUT2D eigenvalue weighted by molar-refractivity contribution is 7.91. The van der Waals surface area contributed by atoms with Crippen LogP contribution < -0.4 is 4.90 Å². The molecule has 2 aromatic carbocycles. The van der Waals surface area contributed by atoms with Crippen molar-refractivity contribution in [1.82, 2.24) is 0 Å². The first-order chi connectivity index (χ1) is 18.0. The second-order valence-corrected chi connectivity index (χ2v) is 17.0. The van der Waals surface area contributed by atoms with Gasteiger partial charge in [0.25, 0.3) is 0 Å². The first-order valence-electron chi connectivity index (χ1n) is 12.4. The Morgan fingerprint density at radius 2 is 1.74 bits per heavy atom. The van der Waals surface area contributed by atoms with E-state index in [1.807, 2.05) is 31.2 Å². The molecule has 1 saturated heterocycles. The van der Waals surface area contributed by atoms with Gasteiger partial charge in [0.05, 0.1) is 16.3 Å². The lowest BCUT2D eigenvalue weighted by molar-refractivity contribution is 0.0430. The summed E-state index contributed by atoms with van der Waals surface area (Å²) in [6.07, 6.45) is 2.10. The van der Waals surface area contributed by atoms with Crippen LogP contribution in [0.25, 0.3) is 0 Å². The van der Waals surface area contributed by atoms with Gasteiger partial charge in [0.15, 0.2) is 29.4 Å². The normalized spacial score (nSPS) is 27.8. The number of nitrogens with zero attached hydrogens (tertiary/aromatic N) is 1. The van der Waals surface area contributed by atoms with Crippen LogP contribution in [0.4, 0.5) is 10.5 Å². The third-order valence-electron chi connectivity index (χ3n) is 6.67. The molecule has 0 saturated carbocycles. The van der Waals surface area contributed by atoms with Gasteiger partial charge in [0, 0.05) is 5.56 Å². The van der Waals surface area contributed by atoms with Crippen molar-refractivity contribution in [1.29, 1.82) is 0 Å². The molecule has 1 amide bonds. The highest BCUT2D eigenvalue weighted by atomic mass is 32.2. The maximum atomic E-state index is 13.5. The molecular weight excluding hydrogens is 518 g/mol. The van der Waals surface area contributed by atoms with E-state index in [1.165, 1.54) is 17.0 Å². The zero-order valence-corrected chi connectivity index (χ0v) is 23.5. The number of fused-ring (bicyclic) bond motifs is 1. The number of carbonyl (C=O) groups excluding carboxylic acids is 1. The molecule has 2 heterocycles. The Labute approximate surface area is 224 Å². The van der Waals surface area contributed by atoms with E-state index in [0.717, 1.165) is 5.56 Å². The minimum absolute atomic E-state index is 0.184. The molecule has 2 bridgehead atoms. The minimum Gasteiger partial charge on any atom is -0.448 e. The van der Waals surface area contributed by atoms with E-state index >= 15 is 0 Å². The summed E-state index contributed by atoms with van der Waals surface area (Å²) in [6, 6.07) is 14.9. The molecule has 38 heavy (non-hydrogen) atoms. The molecule has 0 unspecified atom stereocenters. The lowest BCUT2D eigenvalue weighted by Gasteiger charge is -2.42. The number of rotatable bonds is 6. The number of anilines is 1. The first-order valence-corrected chi connectivity index (χ1v) is 17.4. The molecule has 3 aliphatic rings. The number of benzene rings is 2. The van der Waals surface area contributed by atoms with Gasteiger partial charge in [-0.2, -0.15) is 0 Å². The number of sulfone groups is 1. The number of epoxide rings is 1. The number of amides is 1. The van der Waals surface area contributed by atoms with Crippen molar-refractivity contribution < 1.29 is 27.1 Å². The van der Waals surface area contributed by atoms with Gasteiger partial charge in [0.1, 0.15) is 18.8 Å². The molecule has 2 aliphatic heterocycles. The largest absolute Gasteiger partial charge is 0.448 e. The smallest absolute Gasteiger partial charge is 0.415 e. The summed E-state index contributed by atoms with van der Waals surface area (Å²) in [6.45, 7) is 7.94. The number of carbonyl (C=O) groups is 1. The van der Waals surface area contributed by atoms with Crippen molar-refractivity contribution in [2.24, 2.45) is 0 Å². The Balaban J connectivity index is 1.49. The summed E-state index contributed by atoms with van der Waals surface area (Å²) in [5, 5.41) is 0. The quantitative estimate of drug-likeness (QED) is 0.305. The third-order valence-corrected chi connectivity index (χ3v) is 9.39. The van der Waals surface area contributed by atoms with Gasteiger partial charge >= 0.3 is 6.09 Å². The molecule has 9 heteroatoms. The van der Waals surface area contributed by atoms with Crippen molar-refractivity contribution in [2.75, 3.05) is 17.3 Å². The van der Waals surface area contributed by atoms with Crippen LogP contribution in [-0.2, 0) is 29.3 Å². The fourth-order valence-corrected chi connectivity index (χ4v) is 7.74. The van der Waals surface area contributed by atoms with Crippen LogP contribution in [0.1, 0.15) is 12.5 Å². The Morgan fingerprint density at radius 1 is 1.05 bits per heavy atom. The Bertz CT molecular complexity index is 1530. The molecule has 0 N–H and O–H groups in total. The predicted octanol–water partition coefficient (Wildman–Crippen LogP) is 4.27. The maximum Gasteiger partial charge on any atom is 0.415 e. The van der Waals surface area contributed by atoms with Gasteiger partial charge in [-0.25, -0.2) is 13.2 Å². The van der Waals surface area contributed by atoms with E-state index in [1.54, 1.807) is 30.4 Å². The van der Waals surface area contributed by atoms with Gasteiger partial charge in [0.2, 0.25) is 0 Å². The van der Waals surface area contributed by atoms with E-state index in [2.05, 4.69) is 43.3 Å². The zero-order valence-electron chi connectivity index (χ0n) is 21.7. The highest BCUT2D eigenvalue weighted by Crippen LogP contribution is 2.62. The SMILES string of the molecule is C[C@@]1(O[Si](C)(C)C)C#C/C=C\C#C[C@H]2[C@@H]3O[C@]31c1ccccc1N2C(=O)OCCS(=O)(=O)c1ccccc1. The van der Waals surface area contributed by atoms with Crippen LogP contribution in [0.5, 0.6) is 0 Å². The minimum atomic E-state index is -3.61. The molecule has 4 atom stereocenters.